The molecular formula is C32H54O5. The average Bonchev–Trinajstić information content (AvgIpc) is 3.41. The highest BCUT2D eigenvalue weighted by Crippen LogP contribution is 2.55. The predicted octanol–water partition coefficient (Wildman–Crippen LogP) is 8.44. The van der Waals surface area contributed by atoms with E-state index in [1.165, 1.54) is 0 Å². The lowest BCUT2D eigenvalue weighted by atomic mass is 9.57. The van der Waals surface area contributed by atoms with Crippen molar-refractivity contribution in [1.82, 2.24) is 0 Å². The quantitative estimate of drug-likeness (QED) is 0.298. The number of ether oxygens (including phenoxy) is 4. The van der Waals surface area contributed by atoms with Gasteiger partial charge in [0.1, 0.15) is 0 Å². The standard InChI is InChI=1S/C32H54O5/c1-13-22-19-25(36-27(35-22)21-14-15-24(34-12)23(33)18-21)31(8,9)29(4,5)17-16-28(2,3)30(6,7)20-26-32(10,11)37-26/h14-15,18,22,25-27,33H,13,16-17,19-20H2,1-12H3. The van der Waals surface area contributed by atoms with Crippen LogP contribution in [0.4, 0.5) is 0 Å². The van der Waals surface area contributed by atoms with Crippen molar-refractivity contribution in [1.29, 1.82) is 0 Å². The van der Waals surface area contributed by atoms with Crippen molar-refractivity contribution in [2.45, 2.75) is 138 Å². The molecule has 1 aromatic carbocycles. The Kier molecular flexibility index (Phi) is 8.46. The van der Waals surface area contributed by atoms with Gasteiger partial charge in [-0.05, 0) is 73.3 Å². The van der Waals surface area contributed by atoms with E-state index >= 15 is 0 Å². The minimum absolute atomic E-state index is 0.0298. The summed E-state index contributed by atoms with van der Waals surface area (Å²) in [5.41, 5.74) is 1.16. The van der Waals surface area contributed by atoms with E-state index in [2.05, 4.69) is 76.2 Å². The fourth-order valence-corrected chi connectivity index (χ4v) is 5.53. The number of hydrogen-bond acceptors (Lipinski definition) is 5. The summed E-state index contributed by atoms with van der Waals surface area (Å²) in [6.45, 7) is 25.8. The third kappa shape index (κ3) is 6.31. The lowest BCUT2D eigenvalue weighted by molar-refractivity contribution is -0.280. The molecule has 0 saturated carbocycles. The molecule has 0 aromatic heterocycles. The Morgan fingerprint density at radius 1 is 0.946 bits per heavy atom. The summed E-state index contributed by atoms with van der Waals surface area (Å²) in [4.78, 5) is 0. The first-order valence-electron chi connectivity index (χ1n) is 14.2. The number of phenolic OH excluding ortho intramolecular Hbond substituents is 1. The van der Waals surface area contributed by atoms with E-state index in [0.717, 1.165) is 37.7 Å². The molecule has 5 heteroatoms. The Bertz CT molecular complexity index is 929. The van der Waals surface area contributed by atoms with Gasteiger partial charge in [-0.25, -0.2) is 0 Å². The van der Waals surface area contributed by atoms with E-state index in [9.17, 15) is 5.11 Å². The van der Waals surface area contributed by atoms with E-state index in [1.807, 2.05) is 6.07 Å². The third-order valence-corrected chi connectivity index (χ3v) is 10.6. The van der Waals surface area contributed by atoms with Crippen molar-refractivity contribution in [2.24, 2.45) is 21.7 Å². The summed E-state index contributed by atoms with van der Waals surface area (Å²) in [7, 11) is 1.55. The minimum Gasteiger partial charge on any atom is -0.504 e. The SMILES string of the molecule is CCC1CC(C(C)(C)C(C)(C)CCC(C)(C)C(C)(C)CC2OC2(C)C)OC(c2ccc(OC)c(O)c2)O1. The van der Waals surface area contributed by atoms with Crippen molar-refractivity contribution in [3.05, 3.63) is 23.8 Å². The molecule has 2 aliphatic heterocycles. The van der Waals surface area contributed by atoms with Crippen LogP contribution in [0, 0.1) is 21.7 Å². The summed E-state index contributed by atoms with van der Waals surface area (Å²) < 4.78 is 24.2. The van der Waals surface area contributed by atoms with Crippen molar-refractivity contribution < 1.29 is 24.1 Å². The largest absolute Gasteiger partial charge is 0.504 e. The predicted molar refractivity (Wildman–Crippen MR) is 150 cm³/mol. The summed E-state index contributed by atoms with van der Waals surface area (Å²) in [6.07, 6.45) is 5.14. The summed E-state index contributed by atoms with van der Waals surface area (Å²) in [6, 6.07) is 5.40. The van der Waals surface area contributed by atoms with Crippen LogP contribution in [-0.4, -0.2) is 36.1 Å². The smallest absolute Gasteiger partial charge is 0.184 e. The molecule has 212 valence electrons. The molecule has 2 aliphatic rings. The van der Waals surface area contributed by atoms with Crippen LogP contribution < -0.4 is 4.74 Å². The first-order valence-corrected chi connectivity index (χ1v) is 14.2. The third-order valence-electron chi connectivity index (χ3n) is 10.6. The number of phenols is 1. The molecule has 37 heavy (non-hydrogen) atoms. The molecule has 0 spiro atoms. The zero-order valence-corrected chi connectivity index (χ0v) is 25.7. The number of rotatable bonds is 11. The van der Waals surface area contributed by atoms with Gasteiger partial charge in [-0.15, -0.1) is 0 Å². The first-order chi connectivity index (χ1) is 16.9. The highest BCUT2D eigenvalue weighted by atomic mass is 16.7. The second-order valence-electron chi connectivity index (χ2n) is 14.6. The Hall–Kier alpha value is -1.30. The van der Waals surface area contributed by atoms with Gasteiger partial charge >= 0.3 is 0 Å². The normalized spacial score (nSPS) is 26.7. The Balaban J connectivity index is 1.74. The van der Waals surface area contributed by atoms with Crippen LogP contribution in [0.25, 0.3) is 0 Å². The highest BCUT2D eigenvalue weighted by Gasteiger charge is 2.53. The van der Waals surface area contributed by atoms with Crippen LogP contribution in [0.5, 0.6) is 11.5 Å². The second-order valence-corrected chi connectivity index (χ2v) is 14.6. The fourth-order valence-electron chi connectivity index (χ4n) is 5.53. The van der Waals surface area contributed by atoms with Gasteiger partial charge in [0, 0.05) is 12.0 Å². The molecule has 0 bridgehead atoms. The van der Waals surface area contributed by atoms with Gasteiger partial charge in [-0.2, -0.15) is 0 Å². The molecule has 4 unspecified atom stereocenters. The Morgan fingerprint density at radius 2 is 1.54 bits per heavy atom. The topological polar surface area (TPSA) is 60.5 Å². The monoisotopic (exact) mass is 518 g/mol. The van der Waals surface area contributed by atoms with E-state index in [4.69, 9.17) is 18.9 Å². The van der Waals surface area contributed by atoms with Crippen molar-refractivity contribution in [3.8, 4) is 11.5 Å². The summed E-state index contributed by atoms with van der Waals surface area (Å²) >= 11 is 0. The molecule has 2 saturated heterocycles. The minimum atomic E-state index is -0.507. The number of benzene rings is 1. The molecule has 0 aliphatic carbocycles. The highest BCUT2D eigenvalue weighted by molar-refractivity contribution is 5.42. The lowest BCUT2D eigenvalue weighted by Gasteiger charge is -2.52. The van der Waals surface area contributed by atoms with Gasteiger partial charge in [0.15, 0.2) is 17.8 Å². The van der Waals surface area contributed by atoms with Gasteiger partial charge in [0.05, 0.1) is 31.0 Å². The van der Waals surface area contributed by atoms with Crippen LogP contribution in [0.1, 0.15) is 120 Å². The molecule has 5 nitrogen and oxygen atoms in total. The van der Waals surface area contributed by atoms with Crippen molar-refractivity contribution in [3.63, 3.8) is 0 Å². The van der Waals surface area contributed by atoms with E-state index in [-0.39, 0.29) is 45.2 Å². The van der Waals surface area contributed by atoms with Crippen LogP contribution in [0.15, 0.2) is 18.2 Å². The van der Waals surface area contributed by atoms with Crippen molar-refractivity contribution in [2.75, 3.05) is 7.11 Å². The van der Waals surface area contributed by atoms with Crippen molar-refractivity contribution >= 4 is 0 Å². The molecule has 1 aromatic rings. The first kappa shape index (κ1) is 30.2. The molecular weight excluding hydrogens is 464 g/mol. The number of methoxy groups -OCH3 is 1. The van der Waals surface area contributed by atoms with Gasteiger partial charge < -0.3 is 24.1 Å². The molecule has 0 amide bonds. The van der Waals surface area contributed by atoms with Crippen LogP contribution >= 0.6 is 0 Å². The van der Waals surface area contributed by atoms with E-state index < -0.39 is 6.29 Å². The molecule has 0 radical (unpaired) electrons. The maximum Gasteiger partial charge on any atom is 0.184 e. The summed E-state index contributed by atoms with van der Waals surface area (Å²) in [5.74, 6) is 0.554. The lowest BCUT2D eigenvalue weighted by Crippen LogP contribution is -2.49. The van der Waals surface area contributed by atoms with E-state index in [1.54, 1.807) is 19.2 Å². The van der Waals surface area contributed by atoms with Crippen LogP contribution in [-0.2, 0) is 14.2 Å². The van der Waals surface area contributed by atoms with Gasteiger partial charge in [-0.1, -0.05) is 68.4 Å². The summed E-state index contributed by atoms with van der Waals surface area (Å²) in [5, 5.41) is 10.4. The maximum atomic E-state index is 10.4. The van der Waals surface area contributed by atoms with Crippen LogP contribution in [0.3, 0.4) is 0 Å². The van der Waals surface area contributed by atoms with E-state index in [0.29, 0.717) is 11.9 Å². The van der Waals surface area contributed by atoms with Crippen LogP contribution in [0.2, 0.25) is 0 Å². The Morgan fingerprint density at radius 3 is 2.05 bits per heavy atom. The number of hydrogen-bond donors (Lipinski definition) is 1. The molecule has 2 fully saturated rings. The molecule has 3 rings (SSSR count). The van der Waals surface area contributed by atoms with Gasteiger partial charge in [0.25, 0.3) is 0 Å². The Labute approximate surface area is 226 Å². The van der Waals surface area contributed by atoms with Gasteiger partial charge in [0.2, 0.25) is 0 Å². The zero-order chi connectivity index (χ0) is 28.0. The second kappa shape index (κ2) is 10.4. The fraction of sp³-hybridized carbons (Fsp3) is 0.812. The average molecular weight is 519 g/mol. The molecule has 4 atom stereocenters. The maximum absolute atomic E-state index is 10.4. The number of epoxide rings is 1. The molecule has 1 N–H and O–H groups in total. The zero-order valence-electron chi connectivity index (χ0n) is 25.7. The number of aromatic hydroxyl groups is 1. The van der Waals surface area contributed by atoms with Gasteiger partial charge in [-0.3, -0.25) is 0 Å². The molecule has 2 heterocycles.